The summed E-state index contributed by atoms with van der Waals surface area (Å²) < 4.78 is 18.0. The number of rotatable bonds is 5. The van der Waals surface area contributed by atoms with Crippen LogP contribution in [0.15, 0.2) is 65.1 Å². The second kappa shape index (κ2) is 7.19. The maximum atomic E-state index is 6.11. The second-order valence-corrected chi connectivity index (χ2v) is 6.24. The Bertz CT molecular complexity index is 763. The molecule has 2 aromatic carbocycles. The summed E-state index contributed by atoms with van der Waals surface area (Å²) in [5.41, 5.74) is 2.09. The first kappa shape index (κ1) is 16.1. The Balaban J connectivity index is 1.96. The highest BCUT2D eigenvalue weighted by molar-refractivity contribution is 14.1. The normalized spacial score (nSPS) is 12.1. The van der Waals surface area contributed by atoms with Gasteiger partial charge in [0, 0.05) is 12.7 Å². The van der Waals surface area contributed by atoms with Crippen molar-refractivity contribution in [3.63, 3.8) is 0 Å². The summed E-state index contributed by atoms with van der Waals surface area (Å²) >= 11 is 2.29. The number of ether oxygens (including phenoxy) is 2. The van der Waals surface area contributed by atoms with E-state index in [9.17, 15) is 0 Å². The van der Waals surface area contributed by atoms with Gasteiger partial charge in [-0.15, -0.1) is 0 Å². The molecule has 0 aliphatic carbocycles. The van der Waals surface area contributed by atoms with Crippen LogP contribution in [0.5, 0.6) is 5.75 Å². The molecule has 0 radical (unpaired) electrons. The third-order valence-corrected chi connectivity index (χ3v) is 4.46. The summed E-state index contributed by atoms with van der Waals surface area (Å²) in [5, 5.41) is 0. The topological polar surface area (TPSA) is 31.6 Å². The molecule has 3 rings (SSSR count). The Morgan fingerprint density at radius 2 is 1.65 bits per heavy atom. The molecule has 0 aliphatic heterocycles. The van der Waals surface area contributed by atoms with Crippen LogP contribution in [-0.4, -0.2) is 14.2 Å². The minimum atomic E-state index is -0.211. The average Bonchev–Trinajstić information content (AvgIpc) is 2.98. The largest absolute Gasteiger partial charge is 0.497 e. The van der Waals surface area contributed by atoms with E-state index in [0.717, 1.165) is 32.0 Å². The van der Waals surface area contributed by atoms with Crippen LogP contribution in [0.1, 0.15) is 17.4 Å². The van der Waals surface area contributed by atoms with Crippen LogP contribution in [-0.2, 0) is 4.74 Å². The van der Waals surface area contributed by atoms with Crippen LogP contribution >= 0.6 is 22.6 Å². The molecular weight excluding hydrogens is 403 g/mol. The van der Waals surface area contributed by atoms with Gasteiger partial charge in [0.05, 0.1) is 10.7 Å². The summed E-state index contributed by atoms with van der Waals surface area (Å²) in [7, 11) is 3.35. The van der Waals surface area contributed by atoms with Crippen molar-refractivity contribution in [2.75, 3.05) is 14.2 Å². The highest BCUT2D eigenvalue weighted by atomic mass is 127. The van der Waals surface area contributed by atoms with E-state index in [0.29, 0.717) is 0 Å². The number of hydrogen-bond acceptors (Lipinski definition) is 3. The molecule has 0 spiro atoms. The highest BCUT2D eigenvalue weighted by Crippen LogP contribution is 2.35. The maximum Gasteiger partial charge on any atom is 0.147 e. The zero-order chi connectivity index (χ0) is 16.2. The molecule has 1 heterocycles. The fourth-order valence-corrected chi connectivity index (χ4v) is 3.23. The maximum absolute atomic E-state index is 6.11. The van der Waals surface area contributed by atoms with Gasteiger partial charge >= 0.3 is 0 Å². The molecule has 1 unspecified atom stereocenters. The smallest absolute Gasteiger partial charge is 0.147 e. The van der Waals surface area contributed by atoms with E-state index in [1.807, 2.05) is 60.7 Å². The third kappa shape index (κ3) is 3.43. The van der Waals surface area contributed by atoms with E-state index in [4.69, 9.17) is 13.9 Å². The van der Waals surface area contributed by atoms with Crippen LogP contribution in [0.4, 0.5) is 0 Å². The van der Waals surface area contributed by atoms with Crippen molar-refractivity contribution in [2.45, 2.75) is 6.10 Å². The van der Waals surface area contributed by atoms with E-state index >= 15 is 0 Å². The lowest BCUT2D eigenvalue weighted by atomic mass is 10.1. The summed E-state index contributed by atoms with van der Waals surface area (Å²) in [6.07, 6.45) is -0.211. The Morgan fingerprint density at radius 1 is 0.957 bits per heavy atom. The van der Waals surface area contributed by atoms with Crippen molar-refractivity contribution in [2.24, 2.45) is 0 Å². The first-order valence-corrected chi connectivity index (χ1v) is 8.32. The number of methoxy groups -OCH3 is 2. The van der Waals surface area contributed by atoms with Gasteiger partial charge in [-0.25, -0.2) is 0 Å². The third-order valence-electron chi connectivity index (χ3n) is 3.65. The molecule has 4 heteroatoms. The molecule has 23 heavy (non-hydrogen) atoms. The van der Waals surface area contributed by atoms with Crippen LogP contribution in [0.2, 0.25) is 0 Å². The van der Waals surface area contributed by atoms with Gasteiger partial charge < -0.3 is 13.9 Å². The lowest BCUT2D eigenvalue weighted by molar-refractivity contribution is 0.117. The van der Waals surface area contributed by atoms with Gasteiger partial charge in [0.2, 0.25) is 0 Å². The Kier molecular flexibility index (Phi) is 5.03. The van der Waals surface area contributed by atoms with Crippen LogP contribution in [0.25, 0.3) is 11.3 Å². The molecule has 3 nitrogen and oxygen atoms in total. The molecule has 3 aromatic rings. The molecular formula is C19H17IO3. The van der Waals surface area contributed by atoms with Gasteiger partial charge in [-0.2, -0.15) is 0 Å². The van der Waals surface area contributed by atoms with Crippen molar-refractivity contribution < 1.29 is 13.9 Å². The zero-order valence-corrected chi connectivity index (χ0v) is 15.1. The van der Waals surface area contributed by atoms with E-state index in [1.54, 1.807) is 14.2 Å². The van der Waals surface area contributed by atoms with Crippen molar-refractivity contribution >= 4 is 22.6 Å². The van der Waals surface area contributed by atoms with Gasteiger partial charge in [-0.1, -0.05) is 30.3 Å². The molecule has 0 bridgehead atoms. The van der Waals surface area contributed by atoms with E-state index in [2.05, 4.69) is 22.6 Å². The molecule has 1 aromatic heterocycles. The molecule has 0 N–H and O–H groups in total. The molecule has 1 atom stereocenters. The summed E-state index contributed by atoms with van der Waals surface area (Å²) in [6, 6.07) is 19.9. The predicted octanol–water partition coefficient (Wildman–Crippen LogP) is 5.30. The number of halogens is 1. The van der Waals surface area contributed by atoms with Crippen LogP contribution < -0.4 is 4.74 Å². The Morgan fingerprint density at radius 3 is 2.26 bits per heavy atom. The van der Waals surface area contributed by atoms with E-state index in [-0.39, 0.29) is 6.10 Å². The van der Waals surface area contributed by atoms with Gasteiger partial charge in [0.25, 0.3) is 0 Å². The zero-order valence-electron chi connectivity index (χ0n) is 13.0. The number of hydrogen-bond donors (Lipinski definition) is 0. The van der Waals surface area contributed by atoms with Crippen LogP contribution in [0, 0.1) is 3.57 Å². The predicted molar refractivity (Wildman–Crippen MR) is 98.7 cm³/mol. The summed E-state index contributed by atoms with van der Waals surface area (Å²) in [5.74, 6) is 2.48. The quantitative estimate of drug-likeness (QED) is 0.526. The molecule has 0 aliphatic rings. The fraction of sp³-hybridized carbons (Fsp3) is 0.158. The van der Waals surface area contributed by atoms with Crippen molar-refractivity contribution in [3.05, 3.63) is 75.6 Å². The van der Waals surface area contributed by atoms with Crippen LogP contribution in [0.3, 0.4) is 0 Å². The first-order chi connectivity index (χ1) is 11.2. The monoisotopic (exact) mass is 420 g/mol. The highest BCUT2D eigenvalue weighted by Gasteiger charge is 2.20. The van der Waals surface area contributed by atoms with Gasteiger partial charge in [0.1, 0.15) is 23.4 Å². The lowest BCUT2D eigenvalue weighted by Gasteiger charge is -2.12. The minimum Gasteiger partial charge on any atom is -0.497 e. The molecule has 0 saturated heterocycles. The van der Waals surface area contributed by atoms with E-state index in [1.165, 1.54) is 0 Å². The van der Waals surface area contributed by atoms with Gasteiger partial charge in [-0.05, 0) is 58.5 Å². The van der Waals surface area contributed by atoms with Crippen molar-refractivity contribution in [1.29, 1.82) is 0 Å². The SMILES string of the molecule is COc1ccc(-c2oc(C(OC)c3ccccc3)cc2I)cc1. The number of furan rings is 1. The summed E-state index contributed by atoms with van der Waals surface area (Å²) in [4.78, 5) is 0. The molecule has 0 saturated carbocycles. The second-order valence-electron chi connectivity index (χ2n) is 5.08. The molecule has 0 fully saturated rings. The van der Waals surface area contributed by atoms with Gasteiger partial charge in [-0.3, -0.25) is 0 Å². The lowest BCUT2D eigenvalue weighted by Crippen LogP contribution is -2.01. The average molecular weight is 420 g/mol. The van der Waals surface area contributed by atoms with Crippen molar-refractivity contribution in [1.82, 2.24) is 0 Å². The Hall–Kier alpha value is -1.79. The first-order valence-electron chi connectivity index (χ1n) is 7.24. The Labute approximate surface area is 149 Å². The van der Waals surface area contributed by atoms with Crippen molar-refractivity contribution in [3.8, 4) is 17.1 Å². The van der Waals surface area contributed by atoms with E-state index < -0.39 is 0 Å². The molecule has 118 valence electrons. The fourth-order valence-electron chi connectivity index (χ4n) is 2.50. The van der Waals surface area contributed by atoms with Gasteiger partial charge in [0.15, 0.2) is 0 Å². The minimum absolute atomic E-state index is 0.211. The summed E-state index contributed by atoms with van der Waals surface area (Å²) in [6.45, 7) is 0. The number of benzene rings is 2. The standard InChI is InChI=1S/C19H17IO3/c1-21-15-10-8-14(9-11-15)18-16(20)12-17(23-18)19(22-2)13-6-4-3-5-7-13/h3-12,19H,1-2H3. The molecule has 0 amide bonds.